The minimum atomic E-state index is -1.29. The predicted octanol–water partition coefficient (Wildman–Crippen LogP) is 5.16. The Morgan fingerprint density at radius 1 is 1.00 bits per heavy atom. The molecule has 0 aromatic heterocycles. The van der Waals surface area contributed by atoms with E-state index in [1.807, 2.05) is 49.4 Å². The molecule has 1 saturated carbocycles. The van der Waals surface area contributed by atoms with E-state index in [1.165, 1.54) is 0 Å². The maximum atomic E-state index is 11.6. The standard InChI is InChI=1S/C17H15Cl3O/c1-15(11-16(15,19)20)17(21,12-6-3-2-4-7-12)13-8-5-9-14(18)10-13/h2-10,21H,11H2,1H3/t15-,17-/m1/s1. The molecule has 0 spiro atoms. The second kappa shape index (κ2) is 4.89. The third-order valence-corrected chi connectivity index (χ3v) is 5.83. The van der Waals surface area contributed by atoms with E-state index in [-0.39, 0.29) is 0 Å². The second-order valence-corrected chi connectivity index (χ2v) is 7.72. The van der Waals surface area contributed by atoms with Crippen LogP contribution in [-0.4, -0.2) is 9.44 Å². The van der Waals surface area contributed by atoms with E-state index in [1.54, 1.807) is 12.1 Å². The predicted molar refractivity (Wildman–Crippen MR) is 88.1 cm³/mol. The van der Waals surface area contributed by atoms with Gasteiger partial charge in [0, 0.05) is 10.4 Å². The molecule has 1 aliphatic rings. The molecule has 0 heterocycles. The van der Waals surface area contributed by atoms with Crippen LogP contribution in [0.1, 0.15) is 24.5 Å². The summed E-state index contributed by atoms with van der Waals surface area (Å²) in [4.78, 5) is 0. The monoisotopic (exact) mass is 340 g/mol. The molecule has 0 unspecified atom stereocenters. The summed E-state index contributed by atoms with van der Waals surface area (Å²) < 4.78 is -0.958. The van der Waals surface area contributed by atoms with Gasteiger partial charge in [-0.05, 0) is 29.7 Å². The highest BCUT2D eigenvalue weighted by Gasteiger charge is 2.73. The molecule has 1 N–H and O–H groups in total. The second-order valence-electron chi connectivity index (χ2n) is 5.80. The Balaban J connectivity index is 2.22. The van der Waals surface area contributed by atoms with Gasteiger partial charge in [-0.25, -0.2) is 0 Å². The Bertz CT molecular complexity index is 671. The lowest BCUT2D eigenvalue weighted by atomic mass is 9.74. The van der Waals surface area contributed by atoms with Crippen LogP contribution in [0.3, 0.4) is 0 Å². The molecule has 0 saturated heterocycles. The summed E-state index contributed by atoms with van der Waals surface area (Å²) >= 11 is 18.8. The van der Waals surface area contributed by atoms with Crippen molar-refractivity contribution >= 4 is 34.8 Å². The molecule has 0 radical (unpaired) electrons. The lowest BCUT2D eigenvalue weighted by molar-refractivity contribution is 0.00839. The zero-order valence-corrected chi connectivity index (χ0v) is 13.8. The Morgan fingerprint density at radius 2 is 1.57 bits per heavy atom. The van der Waals surface area contributed by atoms with E-state index >= 15 is 0 Å². The average Bonchev–Trinajstić information content (AvgIpc) is 2.99. The number of hydrogen-bond acceptors (Lipinski definition) is 1. The fraction of sp³-hybridized carbons (Fsp3) is 0.294. The van der Waals surface area contributed by atoms with Crippen molar-refractivity contribution in [2.75, 3.05) is 0 Å². The van der Waals surface area contributed by atoms with E-state index < -0.39 is 15.3 Å². The van der Waals surface area contributed by atoms with Crippen LogP contribution >= 0.6 is 34.8 Å². The van der Waals surface area contributed by atoms with Gasteiger partial charge in [-0.1, -0.05) is 61.0 Å². The largest absolute Gasteiger partial charge is 0.380 e. The molecule has 0 bridgehead atoms. The van der Waals surface area contributed by atoms with Gasteiger partial charge in [0.2, 0.25) is 0 Å². The number of aliphatic hydroxyl groups is 1. The summed E-state index contributed by atoms with van der Waals surface area (Å²) in [7, 11) is 0. The van der Waals surface area contributed by atoms with Gasteiger partial charge in [0.15, 0.2) is 0 Å². The summed E-state index contributed by atoms with van der Waals surface area (Å²) in [5.74, 6) is 0. The molecular formula is C17H15Cl3O. The van der Waals surface area contributed by atoms with Gasteiger partial charge in [0.05, 0.1) is 0 Å². The molecule has 3 rings (SSSR count). The van der Waals surface area contributed by atoms with Crippen LogP contribution in [0.5, 0.6) is 0 Å². The minimum Gasteiger partial charge on any atom is -0.380 e. The summed E-state index contributed by atoms with van der Waals surface area (Å²) in [5.41, 5.74) is -0.498. The molecule has 110 valence electrons. The van der Waals surface area contributed by atoms with Gasteiger partial charge >= 0.3 is 0 Å². The highest BCUT2D eigenvalue weighted by molar-refractivity contribution is 6.51. The Labute approximate surface area is 139 Å². The van der Waals surface area contributed by atoms with E-state index in [9.17, 15) is 5.11 Å². The quantitative estimate of drug-likeness (QED) is 0.765. The molecule has 1 fully saturated rings. The topological polar surface area (TPSA) is 20.2 Å². The molecular weight excluding hydrogens is 327 g/mol. The molecule has 2 aromatic rings. The lowest BCUT2D eigenvalue weighted by Gasteiger charge is -2.37. The van der Waals surface area contributed by atoms with Gasteiger partial charge < -0.3 is 5.11 Å². The first-order valence-corrected chi connectivity index (χ1v) is 7.86. The van der Waals surface area contributed by atoms with E-state index in [2.05, 4.69) is 0 Å². The number of halogens is 3. The molecule has 2 atom stereocenters. The molecule has 1 nitrogen and oxygen atoms in total. The molecule has 0 amide bonds. The van der Waals surface area contributed by atoms with E-state index in [4.69, 9.17) is 34.8 Å². The zero-order valence-electron chi connectivity index (χ0n) is 11.5. The SMILES string of the molecule is C[C@@]1([C@@](O)(c2ccccc2)c2cccc(Cl)c2)CC1(Cl)Cl. The zero-order chi connectivity index (χ0) is 15.3. The van der Waals surface area contributed by atoms with Crippen LogP contribution in [-0.2, 0) is 5.60 Å². The molecule has 21 heavy (non-hydrogen) atoms. The third-order valence-electron chi connectivity index (χ3n) is 4.49. The number of rotatable bonds is 3. The van der Waals surface area contributed by atoms with E-state index in [0.717, 1.165) is 5.56 Å². The first kappa shape index (κ1) is 15.2. The Hall–Kier alpha value is -0.730. The van der Waals surface area contributed by atoms with Crippen LogP contribution in [0.25, 0.3) is 0 Å². The lowest BCUT2D eigenvalue weighted by Crippen LogP contribution is -2.39. The fourth-order valence-corrected chi connectivity index (χ4v) is 3.99. The normalized spacial score (nSPS) is 26.1. The third kappa shape index (κ3) is 2.19. The number of benzene rings is 2. The van der Waals surface area contributed by atoms with Gasteiger partial charge in [0.25, 0.3) is 0 Å². The highest BCUT2D eigenvalue weighted by Crippen LogP contribution is 2.72. The maximum absolute atomic E-state index is 11.6. The van der Waals surface area contributed by atoms with Gasteiger partial charge in [-0.2, -0.15) is 0 Å². The number of hydrogen-bond donors (Lipinski definition) is 1. The average molecular weight is 342 g/mol. The summed E-state index contributed by atoms with van der Waals surface area (Å²) in [6.45, 7) is 1.90. The molecule has 0 aliphatic heterocycles. The van der Waals surface area contributed by atoms with Crippen molar-refractivity contribution in [1.29, 1.82) is 0 Å². The van der Waals surface area contributed by atoms with Gasteiger partial charge in [-0.15, -0.1) is 23.2 Å². The van der Waals surface area contributed by atoms with Crippen molar-refractivity contribution in [1.82, 2.24) is 0 Å². The smallest absolute Gasteiger partial charge is 0.127 e. The van der Waals surface area contributed by atoms with Crippen molar-refractivity contribution in [3.8, 4) is 0 Å². The maximum Gasteiger partial charge on any atom is 0.127 e. The first-order valence-electron chi connectivity index (χ1n) is 6.73. The molecule has 4 heteroatoms. The Morgan fingerprint density at radius 3 is 2.10 bits per heavy atom. The van der Waals surface area contributed by atoms with Crippen LogP contribution in [0.15, 0.2) is 54.6 Å². The van der Waals surface area contributed by atoms with Crippen molar-refractivity contribution < 1.29 is 5.11 Å². The highest BCUT2D eigenvalue weighted by atomic mass is 35.5. The van der Waals surface area contributed by atoms with E-state index in [0.29, 0.717) is 17.0 Å². The molecule has 1 aliphatic carbocycles. The summed E-state index contributed by atoms with van der Waals surface area (Å²) in [6, 6.07) is 16.7. The van der Waals surface area contributed by atoms with Crippen LogP contribution in [0.4, 0.5) is 0 Å². The van der Waals surface area contributed by atoms with Crippen molar-refractivity contribution in [2.24, 2.45) is 5.41 Å². The van der Waals surface area contributed by atoms with Crippen molar-refractivity contribution in [2.45, 2.75) is 23.3 Å². The molecule has 2 aromatic carbocycles. The summed E-state index contributed by atoms with van der Waals surface area (Å²) in [6.07, 6.45) is 0.515. The number of alkyl halides is 2. The van der Waals surface area contributed by atoms with Crippen molar-refractivity contribution in [3.05, 3.63) is 70.7 Å². The Kier molecular flexibility index (Phi) is 3.53. The fourth-order valence-electron chi connectivity index (χ4n) is 2.99. The van der Waals surface area contributed by atoms with Crippen LogP contribution < -0.4 is 0 Å². The first-order chi connectivity index (χ1) is 9.81. The summed E-state index contributed by atoms with van der Waals surface area (Å²) in [5, 5.41) is 12.2. The van der Waals surface area contributed by atoms with Gasteiger partial charge in [0.1, 0.15) is 9.93 Å². The van der Waals surface area contributed by atoms with Crippen LogP contribution in [0.2, 0.25) is 5.02 Å². The van der Waals surface area contributed by atoms with Gasteiger partial charge in [-0.3, -0.25) is 0 Å². The minimum absolute atomic E-state index is 0.515. The van der Waals surface area contributed by atoms with Crippen molar-refractivity contribution in [3.63, 3.8) is 0 Å². The van der Waals surface area contributed by atoms with Crippen LogP contribution in [0, 0.1) is 5.41 Å².